The van der Waals surface area contributed by atoms with Crippen LogP contribution >= 0.6 is 15.9 Å². The van der Waals surface area contributed by atoms with Crippen LogP contribution in [-0.2, 0) is 4.79 Å². The quantitative estimate of drug-likeness (QED) is 0.816. The Morgan fingerprint density at radius 2 is 2.21 bits per heavy atom. The molecule has 0 spiro atoms. The van der Waals surface area contributed by atoms with Gasteiger partial charge in [0, 0.05) is 29.7 Å². The summed E-state index contributed by atoms with van der Waals surface area (Å²) >= 11 is 3.40. The van der Waals surface area contributed by atoms with E-state index in [1.807, 2.05) is 38.1 Å². The van der Waals surface area contributed by atoms with E-state index in [4.69, 9.17) is 5.11 Å². The van der Waals surface area contributed by atoms with E-state index in [2.05, 4.69) is 15.9 Å². The van der Waals surface area contributed by atoms with Gasteiger partial charge in [0.15, 0.2) is 0 Å². The van der Waals surface area contributed by atoms with E-state index in [9.17, 15) is 4.79 Å². The minimum atomic E-state index is -0.0246. The van der Waals surface area contributed by atoms with Crippen molar-refractivity contribution in [3.05, 3.63) is 40.4 Å². The second kappa shape index (κ2) is 8.12. The standard InChI is InChI=1S/C15H20BrNO2/c1-12(2)17(9-4-10-18)15(19)8-7-13-5-3-6-14(16)11-13/h3,5-8,11-12,18H,4,9-10H2,1-2H3/b8-7+. The smallest absolute Gasteiger partial charge is 0.246 e. The first kappa shape index (κ1) is 15.9. The summed E-state index contributed by atoms with van der Waals surface area (Å²) in [6.07, 6.45) is 4.00. The molecule has 0 saturated carbocycles. The van der Waals surface area contributed by atoms with Crippen molar-refractivity contribution >= 4 is 27.9 Å². The third kappa shape index (κ3) is 5.57. The SMILES string of the molecule is CC(C)N(CCCO)C(=O)/C=C/c1cccc(Br)c1. The van der Waals surface area contributed by atoms with Crippen molar-refractivity contribution in [3.63, 3.8) is 0 Å². The van der Waals surface area contributed by atoms with Crippen molar-refractivity contribution in [2.75, 3.05) is 13.2 Å². The largest absolute Gasteiger partial charge is 0.396 e. The van der Waals surface area contributed by atoms with Crippen molar-refractivity contribution in [2.24, 2.45) is 0 Å². The lowest BCUT2D eigenvalue weighted by atomic mass is 10.2. The lowest BCUT2D eigenvalue weighted by Crippen LogP contribution is -2.36. The van der Waals surface area contributed by atoms with E-state index < -0.39 is 0 Å². The molecule has 0 bridgehead atoms. The van der Waals surface area contributed by atoms with Gasteiger partial charge in [-0.05, 0) is 44.0 Å². The van der Waals surface area contributed by atoms with Crippen LogP contribution in [0.1, 0.15) is 25.8 Å². The fraction of sp³-hybridized carbons (Fsp3) is 0.400. The van der Waals surface area contributed by atoms with Gasteiger partial charge in [-0.15, -0.1) is 0 Å². The van der Waals surface area contributed by atoms with Crippen molar-refractivity contribution in [2.45, 2.75) is 26.3 Å². The van der Waals surface area contributed by atoms with E-state index in [0.29, 0.717) is 13.0 Å². The van der Waals surface area contributed by atoms with Gasteiger partial charge in [0.05, 0.1) is 0 Å². The molecule has 1 rings (SSSR count). The third-order valence-corrected chi connectivity index (χ3v) is 3.22. The summed E-state index contributed by atoms with van der Waals surface area (Å²) in [6, 6.07) is 7.91. The van der Waals surface area contributed by atoms with E-state index in [1.165, 1.54) is 0 Å². The number of carbonyl (C=O) groups excluding carboxylic acids is 1. The van der Waals surface area contributed by atoms with Crippen LogP contribution in [0.2, 0.25) is 0 Å². The van der Waals surface area contributed by atoms with Gasteiger partial charge in [-0.1, -0.05) is 28.1 Å². The molecule has 4 heteroatoms. The number of hydrogen-bond donors (Lipinski definition) is 1. The summed E-state index contributed by atoms with van der Waals surface area (Å²) in [5.41, 5.74) is 0.980. The molecule has 1 aromatic rings. The Morgan fingerprint density at radius 3 is 2.79 bits per heavy atom. The van der Waals surface area contributed by atoms with Gasteiger partial charge in [0.25, 0.3) is 0 Å². The summed E-state index contributed by atoms with van der Waals surface area (Å²) in [4.78, 5) is 13.8. The Hall–Kier alpha value is -1.13. The number of amides is 1. The van der Waals surface area contributed by atoms with Gasteiger partial charge in [-0.2, -0.15) is 0 Å². The van der Waals surface area contributed by atoms with Gasteiger partial charge in [0.1, 0.15) is 0 Å². The number of hydrogen-bond acceptors (Lipinski definition) is 2. The van der Waals surface area contributed by atoms with Crippen LogP contribution in [0.5, 0.6) is 0 Å². The number of aliphatic hydroxyl groups excluding tert-OH is 1. The number of carbonyl (C=O) groups is 1. The molecule has 0 atom stereocenters. The zero-order valence-corrected chi connectivity index (χ0v) is 12.9. The number of nitrogens with zero attached hydrogens (tertiary/aromatic N) is 1. The maximum atomic E-state index is 12.1. The molecule has 3 nitrogen and oxygen atoms in total. The van der Waals surface area contributed by atoms with E-state index in [-0.39, 0.29) is 18.6 Å². The first-order valence-corrected chi connectivity index (χ1v) is 7.19. The highest BCUT2D eigenvalue weighted by atomic mass is 79.9. The highest BCUT2D eigenvalue weighted by molar-refractivity contribution is 9.10. The number of benzene rings is 1. The predicted octanol–water partition coefficient (Wildman–Crippen LogP) is 3.08. The average Bonchev–Trinajstić information content (AvgIpc) is 2.36. The van der Waals surface area contributed by atoms with Crippen LogP contribution in [0.25, 0.3) is 6.08 Å². The fourth-order valence-corrected chi connectivity index (χ4v) is 2.15. The fourth-order valence-electron chi connectivity index (χ4n) is 1.74. The molecular weight excluding hydrogens is 306 g/mol. The predicted molar refractivity (Wildman–Crippen MR) is 81.7 cm³/mol. The van der Waals surface area contributed by atoms with Crippen LogP contribution in [0.15, 0.2) is 34.8 Å². The summed E-state index contributed by atoms with van der Waals surface area (Å²) < 4.78 is 0.989. The molecular formula is C15H20BrNO2. The van der Waals surface area contributed by atoms with Crippen LogP contribution in [0.4, 0.5) is 0 Å². The van der Waals surface area contributed by atoms with Crippen LogP contribution in [0.3, 0.4) is 0 Å². The second-order valence-electron chi connectivity index (χ2n) is 4.59. The first-order chi connectivity index (χ1) is 9.04. The Balaban J connectivity index is 2.70. The maximum absolute atomic E-state index is 12.1. The Morgan fingerprint density at radius 1 is 1.47 bits per heavy atom. The maximum Gasteiger partial charge on any atom is 0.246 e. The number of halogens is 1. The molecule has 0 saturated heterocycles. The molecule has 0 aliphatic carbocycles. The van der Waals surface area contributed by atoms with Crippen LogP contribution < -0.4 is 0 Å². The minimum absolute atomic E-state index is 0.0246. The third-order valence-electron chi connectivity index (χ3n) is 2.73. The van der Waals surface area contributed by atoms with Gasteiger partial charge in [-0.3, -0.25) is 4.79 Å². The molecule has 0 radical (unpaired) electrons. The number of aliphatic hydroxyl groups is 1. The molecule has 0 aromatic heterocycles. The summed E-state index contributed by atoms with van der Waals surface area (Å²) in [6.45, 7) is 4.63. The molecule has 0 unspecified atom stereocenters. The van der Waals surface area contributed by atoms with Gasteiger partial charge >= 0.3 is 0 Å². The second-order valence-corrected chi connectivity index (χ2v) is 5.51. The van der Waals surface area contributed by atoms with Gasteiger partial charge in [-0.25, -0.2) is 0 Å². The van der Waals surface area contributed by atoms with E-state index >= 15 is 0 Å². The molecule has 1 amide bonds. The Labute approximate surface area is 123 Å². The van der Waals surface area contributed by atoms with Crippen LogP contribution in [0, 0.1) is 0 Å². The van der Waals surface area contributed by atoms with Gasteiger partial charge in [0.2, 0.25) is 5.91 Å². The van der Waals surface area contributed by atoms with Crippen molar-refractivity contribution in [1.82, 2.24) is 4.90 Å². The molecule has 1 aromatic carbocycles. The summed E-state index contributed by atoms with van der Waals surface area (Å²) in [7, 11) is 0. The topological polar surface area (TPSA) is 40.5 Å². The molecule has 1 N–H and O–H groups in total. The molecule has 19 heavy (non-hydrogen) atoms. The average molecular weight is 326 g/mol. The highest BCUT2D eigenvalue weighted by Gasteiger charge is 2.13. The van der Waals surface area contributed by atoms with Crippen LogP contribution in [-0.4, -0.2) is 35.1 Å². The number of rotatable bonds is 6. The lowest BCUT2D eigenvalue weighted by Gasteiger charge is -2.25. The van der Waals surface area contributed by atoms with Gasteiger partial charge < -0.3 is 10.0 Å². The Bertz CT molecular complexity index is 444. The molecule has 104 valence electrons. The zero-order chi connectivity index (χ0) is 14.3. The highest BCUT2D eigenvalue weighted by Crippen LogP contribution is 2.13. The van der Waals surface area contributed by atoms with Crippen molar-refractivity contribution in [3.8, 4) is 0 Å². The molecule has 0 aliphatic rings. The van der Waals surface area contributed by atoms with E-state index in [0.717, 1.165) is 10.0 Å². The molecule has 0 aliphatic heterocycles. The Kier molecular flexibility index (Phi) is 6.81. The summed E-state index contributed by atoms with van der Waals surface area (Å²) in [5, 5.41) is 8.86. The van der Waals surface area contributed by atoms with Crippen molar-refractivity contribution in [1.29, 1.82) is 0 Å². The molecule has 0 fully saturated rings. The zero-order valence-electron chi connectivity index (χ0n) is 11.3. The monoisotopic (exact) mass is 325 g/mol. The summed E-state index contributed by atoms with van der Waals surface area (Å²) in [5.74, 6) is -0.0246. The molecule has 0 heterocycles. The lowest BCUT2D eigenvalue weighted by molar-refractivity contribution is -0.127. The van der Waals surface area contributed by atoms with Crippen molar-refractivity contribution < 1.29 is 9.90 Å². The van der Waals surface area contributed by atoms with E-state index in [1.54, 1.807) is 17.1 Å². The minimum Gasteiger partial charge on any atom is -0.396 e. The normalized spacial score (nSPS) is 11.2. The first-order valence-electron chi connectivity index (χ1n) is 6.39.